The Labute approximate surface area is 68.3 Å². The summed E-state index contributed by atoms with van der Waals surface area (Å²) >= 11 is 0. The van der Waals surface area contributed by atoms with E-state index in [2.05, 4.69) is 0 Å². The monoisotopic (exact) mass is 244 g/mol. The van der Waals surface area contributed by atoms with Gasteiger partial charge in [0.15, 0.2) is 0 Å². The summed E-state index contributed by atoms with van der Waals surface area (Å²) in [7, 11) is 0. The Kier molecular flexibility index (Phi) is 175. The van der Waals surface area contributed by atoms with Crippen molar-refractivity contribution >= 4 is 17.6 Å². The average Bonchev–Trinajstić information content (AvgIpc) is 0. The third-order valence-corrected chi connectivity index (χ3v) is 0. The first-order valence-corrected chi connectivity index (χ1v) is 0. The maximum absolute atomic E-state index is 0. The van der Waals surface area contributed by atoms with Crippen molar-refractivity contribution in [2.75, 3.05) is 0 Å². The van der Waals surface area contributed by atoms with Crippen LogP contribution in [0, 0.1) is 0 Å². The summed E-state index contributed by atoms with van der Waals surface area (Å²) in [5.74, 6) is 0. The summed E-state index contributed by atoms with van der Waals surface area (Å²) in [4.78, 5) is 0. The zero-order valence-electron chi connectivity index (χ0n) is 1.12. The van der Waals surface area contributed by atoms with Crippen molar-refractivity contribution in [2.45, 2.75) is 0 Å². The van der Waals surface area contributed by atoms with Crippen molar-refractivity contribution < 1.29 is 51.2 Å². The van der Waals surface area contributed by atoms with E-state index in [-0.39, 0.29) is 68.8 Å². The standard InChI is InChI=1S/Co.Cr.GeH4.Mn/h;;1H4;. The van der Waals surface area contributed by atoms with Gasteiger partial charge in [-0.05, 0) is 0 Å². The molecule has 0 aromatic rings. The van der Waals surface area contributed by atoms with E-state index in [0.29, 0.717) is 0 Å². The molecule has 0 amide bonds. The van der Waals surface area contributed by atoms with Crippen LogP contribution < -0.4 is 0 Å². The Hall–Kier alpha value is 2.10. The van der Waals surface area contributed by atoms with Crippen molar-refractivity contribution in [3.05, 3.63) is 0 Å². The molecule has 2 radical (unpaired) electrons. The van der Waals surface area contributed by atoms with E-state index in [4.69, 9.17) is 0 Å². The SMILES string of the molecule is [Co].[Cr].[GeH4].[Mn]. The maximum Gasteiger partial charge on any atom is 0 e. The van der Waals surface area contributed by atoms with Crippen LogP contribution in [0.3, 0.4) is 0 Å². The molecule has 0 fully saturated rings. The molecule has 0 rings (SSSR count). The summed E-state index contributed by atoms with van der Waals surface area (Å²) in [6, 6.07) is 0. The molecule has 0 unspecified atom stereocenters. The van der Waals surface area contributed by atoms with Gasteiger partial charge in [-0.15, -0.1) is 0 Å². The fourth-order valence-electron chi connectivity index (χ4n) is 0. The Morgan fingerprint density at radius 1 is 1.00 bits per heavy atom. The molecule has 0 saturated heterocycles. The van der Waals surface area contributed by atoms with Crippen LogP contribution >= 0.6 is 0 Å². The Morgan fingerprint density at radius 3 is 1.00 bits per heavy atom. The van der Waals surface area contributed by atoms with Crippen molar-refractivity contribution in [3.63, 3.8) is 0 Å². The van der Waals surface area contributed by atoms with Gasteiger partial charge < -0.3 is 0 Å². The molecule has 30 valence electrons. The first kappa shape index (κ1) is 36.0. The van der Waals surface area contributed by atoms with Gasteiger partial charge in [-0.3, -0.25) is 0 Å². The molecule has 4 heavy (non-hydrogen) atoms. The second-order valence-electron chi connectivity index (χ2n) is 0. The molecule has 0 atom stereocenters. The van der Waals surface area contributed by atoms with E-state index in [1.54, 1.807) is 0 Å². The number of hydrogen-bond donors (Lipinski definition) is 0. The minimum absolute atomic E-state index is 0. The molecule has 0 aliphatic rings. The summed E-state index contributed by atoms with van der Waals surface area (Å²) in [5, 5.41) is 0. The molecule has 0 nitrogen and oxygen atoms in total. The normalized spacial score (nSPS) is 0. The summed E-state index contributed by atoms with van der Waals surface area (Å²) in [6.07, 6.45) is 0. The van der Waals surface area contributed by atoms with E-state index >= 15 is 0 Å². The van der Waals surface area contributed by atoms with Gasteiger partial charge in [0.2, 0.25) is 0 Å². The van der Waals surface area contributed by atoms with Gasteiger partial charge in [0.05, 0.1) is 0 Å². The molecule has 0 bridgehead atoms. The van der Waals surface area contributed by atoms with Crippen molar-refractivity contribution in [1.82, 2.24) is 0 Å². The van der Waals surface area contributed by atoms with Crippen LogP contribution in [0.1, 0.15) is 0 Å². The van der Waals surface area contributed by atoms with E-state index in [1.807, 2.05) is 0 Å². The van der Waals surface area contributed by atoms with Crippen LogP contribution in [0.25, 0.3) is 0 Å². The van der Waals surface area contributed by atoms with Crippen LogP contribution in [0.2, 0.25) is 0 Å². The predicted molar refractivity (Wildman–Crippen MR) is 11.3 cm³/mol. The van der Waals surface area contributed by atoms with Gasteiger partial charge in [0.1, 0.15) is 0 Å². The number of hydrogen-bond acceptors (Lipinski definition) is 0. The van der Waals surface area contributed by atoms with Gasteiger partial charge in [0.25, 0.3) is 0 Å². The minimum atomic E-state index is 0. The molecule has 0 spiro atoms. The second-order valence-corrected chi connectivity index (χ2v) is 0. The fourth-order valence-corrected chi connectivity index (χ4v) is 0. The van der Waals surface area contributed by atoms with Gasteiger partial charge in [0, 0.05) is 51.2 Å². The Bertz CT molecular complexity index is 8.00. The first-order chi connectivity index (χ1) is 0. The van der Waals surface area contributed by atoms with Crippen molar-refractivity contribution in [2.24, 2.45) is 0 Å². The molecule has 4 heteroatoms. The molecular weight excluding hydrogens is 238 g/mol. The van der Waals surface area contributed by atoms with E-state index in [1.165, 1.54) is 0 Å². The Morgan fingerprint density at radius 2 is 1.00 bits per heavy atom. The van der Waals surface area contributed by atoms with Gasteiger partial charge in [-0.25, -0.2) is 0 Å². The summed E-state index contributed by atoms with van der Waals surface area (Å²) in [5.41, 5.74) is 0. The van der Waals surface area contributed by atoms with Gasteiger partial charge in [-0.2, -0.15) is 0 Å². The van der Waals surface area contributed by atoms with Gasteiger partial charge >= 0.3 is 17.6 Å². The third kappa shape index (κ3) is 8.93. The van der Waals surface area contributed by atoms with Crippen LogP contribution in [-0.4, -0.2) is 17.6 Å². The summed E-state index contributed by atoms with van der Waals surface area (Å²) in [6.45, 7) is 0. The molecule has 0 aromatic heterocycles. The van der Waals surface area contributed by atoms with Crippen molar-refractivity contribution in [1.29, 1.82) is 0 Å². The largest absolute Gasteiger partial charge is 0 e. The van der Waals surface area contributed by atoms with Crippen LogP contribution in [-0.2, 0) is 51.2 Å². The second kappa shape index (κ2) is 19.4. The molecular formula is H4CoCrGeMn. The molecule has 0 aliphatic carbocycles. The van der Waals surface area contributed by atoms with Crippen LogP contribution in [0.15, 0.2) is 0 Å². The zero-order chi connectivity index (χ0) is 0. The predicted octanol–water partition coefficient (Wildman–Crippen LogP) is -1.46. The third-order valence-electron chi connectivity index (χ3n) is 0. The topological polar surface area (TPSA) is 0 Å². The maximum atomic E-state index is 0. The molecule has 0 aliphatic heterocycles. The van der Waals surface area contributed by atoms with E-state index in [9.17, 15) is 0 Å². The quantitative estimate of drug-likeness (QED) is 0.456. The fraction of sp³-hybridized carbons (Fsp3) is 0. The number of rotatable bonds is 0. The molecule has 0 heterocycles. The smallest absolute Gasteiger partial charge is 0 e. The van der Waals surface area contributed by atoms with E-state index < -0.39 is 0 Å². The van der Waals surface area contributed by atoms with Crippen molar-refractivity contribution in [3.8, 4) is 0 Å². The van der Waals surface area contributed by atoms with Gasteiger partial charge in [-0.1, -0.05) is 0 Å². The average molecular weight is 243 g/mol. The molecule has 0 N–H and O–H groups in total. The van der Waals surface area contributed by atoms with E-state index in [0.717, 1.165) is 0 Å². The van der Waals surface area contributed by atoms with Crippen LogP contribution in [0.5, 0.6) is 0 Å². The summed E-state index contributed by atoms with van der Waals surface area (Å²) < 4.78 is 0. The van der Waals surface area contributed by atoms with Crippen LogP contribution in [0.4, 0.5) is 0 Å². The Balaban J connectivity index is 0. The first-order valence-electron chi connectivity index (χ1n) is 0. The zero-order valence-corrected chi connectivity index (χ0v) is 4.62. The molecule has 0 saturated carbocycles. The molecule has 0 aromatic carbocycles. The minimum Gasteiger partial charge on any atom is 0 e.